The predicted molar refractivity (Wildman–Crippen MR) is 94.6 cm³/mol. The van der Waals surface area contributed by atoms with Gasteiger partial charge in [-0.25, -0.2) is 0 Å². The van der Waals surface area contributed by atoms with Crippen molar-refractivity contribution in [1.29, 1.82) is 0 Å². The van der Waals surface area contributed by atoms with Crippen LogP contribution in [0.15, 0.2) is 17.5 Å². The minimum absolute atomic E-state index is 0.323. The molecule has 2 heteroatoms. The number of thiophene rings is 1. The zero-order valence-corrected chi connectivity index (χ0v) is 14.9. The molecule has 0 aliphatic rings. The van der Waals surface area contributed by atoms with Gasteiger partial charge in [-0.3, -0.25) is 0 Å². The van der Waals surface area contributed by atoms with Crippen molar-refractivity contribution in [2.75, 3.05) is 6.54 Å². The Balaban J connectivity index is 2.64. The maximum absolute atomic E-state index is 3.72. The molecule has 21 heavy (non-hydrogen) atoms. The highest BCUT2D eigenvalue weighted by molar-refractivity contribution is 7.10. The maximum atomic E-state index is 3.72. The zero-order chi connectivity index (χ0) is 15.6. The molecular formula is C19H27NS. The molecule has 0 radical (unpaired) electrons. The second-order valence-corrected chi connectivity index (χ2v) is 6.78. The molecule has 0 saturated carbocycles. The Kier molecular flexibility index (Phi) is 5.23. The molecule has 1 N–H and O–H groups in total. The molecule has 1 unspecified atom stereocenters. The summed E-state index contributed by atoms with van der Waals surface area (Å²) in [6, 6.07) is 4.91. The van der Waals surface area contributed by atoms with Crippen molar-refractivity contribution < 1.29 is 0 Å². The highest BCUT2D eigenvalue weighted by atomic mass is 32.1. The van der Waals surface area contributed by atoms with E-state index in [2.05, 4.69) is 64.4 Å². The molecule has 114 valence electrons. The Labute approximate surface area is 133 Å². The van der Waals surface area contributed by atoms with Crippen LogP contribution in [0.1, 0.15) is 58.1 Å². The second-order valence-electron chi connectivity index (χ2n) is 5.83. The first-order valence-corrected chi connectivity index (χ1v) is 8.76. The second kappa shape index (κ2) is 6.76. The van der Waals surface area contributed by atoms with Crippen LogP contribution in [0.5, 0.6) is 0 Å². The first-order chi connectivity index (χ1) is 10.0. The number of aryl methyl sites for hydroxylation is 3. The number of benzene rings is 1. The van der Waals surface area contributed by atoms with Gasteiger partial charge in [-0.2, -0.15) is 0 Å². The van der Waals surface area contributed by atoms with Gasteiger partial charge in [0.1, 0.15) is 0 Å². The quantitative estimate of drug-likeness (QED) is 0.796. The Morgan fingerprint density at radius 1 is 1.05 bits per heavy atom. The van der Waals surface area contributed by atoms with E-state index >= 15 is 0 Å². The summed E-state index contributed by atoms with van der Waals surface area (Å²) < 4.78 is 0. The lowest BCUT2D eigenvalue weighted by molar-refractivity contribution is 0.628. The fourth-order valence-corrected chi connectivity index (χ4v) is 4.18. The van der Waals surface area contributed by atoms with Crippen LogP contribution in [0.2, 0.25) is 0 Å². The first-order valence-electron chi connectivity index (χ1n) is 7.88. The van der Waals surface area contributed by atoms with Crippen LogP contribution in [0, 0.1) is 27.7 Å². The van der Waals surface area contributed by atoms with Crippen LogP contribution in [0.3, 0.4) is 0 Å². The molecule has 1 nitrogen and oxygen atoms in total. The van der Waals surface area contributed by atoms with Gasteiger partial charge in [0.15, 0.2) is 0 Å². The molecule has 0 saturated heterocycles. The Morgan fingerprint density at radius 2 is 1.67 bits per heavy atom. The van der Waals surface area contributed by atoms with Crippen molar-refractivity contribution in [3.63, 3.8) is 0 Å². The van der Waals surface area contributed by atoms with Gasteiger partial charge in [0.25, 0.3) is 0 Å². The minimum Gasteiger partial charge on any atom is -0.306 e. The summed E-state index contributed by atoms with van der Waals surface area (Å²) in [6.07, 6.45) is 1.10. The van der Waals surface area contributed by atoms with Crippen molar-refractivity contribution >= 4 is 11.3 Å². The lowest BCUT2D eigenvalue weighted by Crippen LogP contribution is -2.24. The van der Waals surface area contributed by atoms with E-state index in [0.717, 1.165) is 13.0 Å². The summed E-state index contributed by atoms with van der Waals surface area (Å²) in [5, 5.41) is 5.95. The fourth-order valence-electron chi connectivity index (χ4n) is 3.10. The van der Waals surface area contributed by atoms with E-state index in [1.165, 1.54) is 38.3 Å². The Morgan fingerprint density at radius 3 is 2.19 bits per heavy atom. The predicted octanol–water partition coefficient (Wildman–Crippen LogP) is 5.24. The van der Waals surface area contributed by atoms with Gasteiger partial charge >= 0.3 is 0 Å². The standard InChI is InChI=1S/C19H27NS/c1-7-16-9-10-21-19(16)18(20-8-2)17-14(5)12(3)11-13(4)15(17)6/h9-11,18,20H,7-8H2,1-6H3. The molecule has 1 aromatic heterocycles. The summed E-state index contributed by atoms with van der Waals surface area (Å²) in [6.45, 7) is 14.4. The molecule has 1 atom stereocenters. The van der Waals surface area contributed by atoms with Crippen molar-refractivity contribution in [3.05, 3.63) is 55.8 Å². The van der Waals surface area contributed by atoms with E-state index in [4.69, 9.17) is 0 Å². The van der Waals surface area contributed by atoms with Crippen LogP contribution in [-0.2, 0) is 6.42 Å². The van der Waals surface area contributed by atoms with Crippen LogP contribution >= 0.6 is 11.3 Å². The van der Waals surface area contributed by atoms with Gasteiger partial charge < -0.3 is 5.32 Å². The molecule has 1 heterocycles. The molecular weight excluding hydrogens is 274 g/mol. The molecule has 2 aromatic rings. The summed E-state index contributed by atoms with van der Waals surface area (Å²) in [7, 11) is 0. The highest BCUT2D eigenvalue weighted by Gasteiger charge is 2.22. The molecule has 0 aliphatic heterocycles. The monoisotopic (exact) mass is 301 g/mol. The first kappa shape index (κ1) is 16.3. The summed E-state index contributed by atoms with van der Waals surface area (Å²) in [5.74, 6) is 0. The molecule has 0 bridgehead atoms. The van der Waals surface area contributed by atoms with E-state index in [1.807, 2.05) is 11.3 Å². The van der Waals surface area contributed by atoms with Gasteiger partial charge in [0.2, 0.25) is 0 Å². The van der Waals surface area contributed by atoms with E-state index in [1.54, 1.807) is 0 Å². The van der Waals surface area contributed by atoms with E-state index in [-0.39, 0.29) is 0 Å². The summed E-state index contributed by atoms with van der Waals surface area (Å²) >= 11 is 1.88. The number of rotatable bonds is 5. The Hall–Kier alpha value is -1.12. The average molecular weight is 301 g/mol. The van der Waals surface area contributed by atoms with Gasteiger partial charge in [-0.05, 0) is 85.5 Å². The van der Waals surface area contributed by atoms with E-state index in [9.17, 15) is 0 Å². The van der Waals surface area contributed by atoms with Gasteiger partial charge in [-0.15, -0.1) is 11.3 Å². The number of hydrogen-bond acceptors (Lipinski definition) is 2. The van der Waals surface area contributed by atoms with Crippen LogP contribution in [-0.4, -0.2) is 6.54 Å². The molecule has 0 amide bonds. The van der Waals surface area contributed by atoms with Crippen molar-refractivity contribution in [3.8, 4) is 0 Å². The average Bonchev–Trinajstić information content (AvgIpc) is 2.92. The van der Waals surface area contributed by atoms with Crippen LogP contribution < -0.4 is 5.32 Å². The fraction of sp³-hybridized carbons (Fsp3) is 0.474. The SMILES string of the molecule is CCNC(c1sccc1CC)c1c(C)c(C)cc(C)c1C. The normalized spacial score (nSPS) is 12.7. The molecule has 0 spiro atoms. The number of nitrogens with one attached hydrogen (secondary N) is 1. The topological polar surface area (TPSA) is 12.0 Å². The van der Waals surface area contributed by atoms with Gasteiger partial charge in [0.05, 0.1) is 6.04 Å². The van der Waals surface area contributed by atoms with Crippen molar-refractivity contribution in [1.82, 2.24) is 5.32 Å². The zero-order valence-electron chi connectivity index (χ0n) is 14.1. The Bertz CT molecular complexity index is 598. The minimum atomic E-state index is 0.323. The largest absolute Gasteiger partial charge is 0.306 e. The summed E-state index contributed by atoms with van der Waals surface area (Å²) in [5.41, 5.74) is 8.60. The lowest BCUT2D eigenvalue weighted by Gasteiger charge is -2.25. The molecule has 0 fully saturated rings. The van der Waals surface area contributed by atoms with Crippen LogP contribution in [0.4, 0.5) is 0 Å². The number of hydrogen-bond donors (Lipinski definition) is 1. The third kappa shape index (κ3) is 3.07. The molecule has 1 aromatic carbocycles. The third-order valence-electron chi connectivity index (χ3n) is 4.54. The highest BCUT2D eigenvalue weighted by Crippen LogP contribution is 2.35. The third-order valence-corrected chi connectivity index (χ3v) is 5.57. The molecule has 0 aliphatic carbocycles. The molecule has 2 rings (SSSR count). The van der Waals surface area contributed by atoms with E-state index < -0.39 is 0 Å². The van der Waals surface area contributed by atoms with Gasteiger partial charge in [0, 0.05) is 4.88 Å². The summed E-state index contributed by atoms with van der Waals surface area (Å²) in [4.78, 5) is 1.48. The van der Waals surface area contributed by atoms with Crippen LogP contribution in [0.25, 0.3) is 0 Å². The van der Waals surface area contributed by atoms with Crippen molar-refractivity contribution in [2.24, 2.45) is 0 Å². The van der Waals surface area contributed by atoms with E-state index in [0.29, 0.717) is 6.04 Å². The lowest BCUT2D eigenvalue weighted by atomic mass is 9.88. The van der Waals surface area contributed by atoms with Gasteiger partial charge in [-0.1, -0.05) is 19.9 Å². The smallest absolute Gasteiger partial charge is 0.0679 e. The maximum Gasteiger partial charge on any atom is 0.0679 e. The van der Waals surface area contributed by atoms with Crippen molar-refractivity contribution in [2.45, 2.75) is 54.0 Å².